The molecule has 2 fully saturated rings. The minimum absolute atomic E-state index is 0.0319. The van der Waals surface area contributed by atoms with Gasteiger partial charge in [0.25, 0.3) is 0 Å². The molecule has 0 bridgehead atoms. The first-order chi connectivity index (χ1) is 18.1. The Hall–Kier alpha value is -2.71. The summed E-state index contributed by atoms with van der Waals surface area (Å²) in [5, 5.41) is 8.65. The number of halogens is 2. The summed E-state index contributed by atoms with van der Waals surface area (Å²) in [6.07, 6.45) is 4.45. The van der Waals surface area contributed by atoms with Crippen LogP contribution >= 0.6 is 22.9 Å². The maximum atomic E-state index is 15.9. The Labute approximate surface area is 223 Å². The fourth-order valence-electron chi connectivity index (χ4n) is 6.04. The Kier molecular flexibility index (Phi) is 5.06. The summed E-state index contributed by atoms with van der Waals surface area (Å²) in [5.74, 6) is 0.942. The van der Waals surface area contributed by atoms with Crippen LogP contribution in [-0.2, 0) is 0 Å². The van der Waals surface area contributed by atoms with Crippen molar-refractivity contribution in [2.45, 2.75) is 50.0 Å². The van der Waals surface area contributed by atoms with E-state index >= 15 is 4.39 Å². The van der Waals surface area contributed by atoms with Crippen LogP contribution in [0, 0.1) is 5.82 Å². The molecular formula is C29H26ClFN4OS. The van der Waals surface area contributed by atoms with Gasteiger partial charge in [0.2, 0.25) is 6.23 Å². The molecule has 2 N–H and O–H groups in total. The summed E-state index contributed by atoms with van der Waals surface area (Å²) in [6, 6.07) is 16.2. The zero-order valence-corrected chi connectivity index (χ0v) is 21.7. The van der Waals surface area contributed by atoms with Crippen LogP contribution in [0.25, 0.3) is 22.2 Å². The Morgan fingerprint density at radius 3 is 2.76 bits per heavy atom. The molecule has 37 heavy (non-hydrogen) atoms. The monoisotopic (exact) mass is 532 g/mol. The van der Waals surface area contributed by atoms with Gasteiger partial charge in [0.15, 0.2) is 0 Å². The Morgan fingerprint density at radius 2 is 1.92 bits per heavy atom. The van der Waals surface area contributed by atoms with Crippen LogP contribution < -0.4 is 15.4 Å². The van der Waals surface area contributed by atoms with E-state index in [2.05, 4.69) is 27.3 Å². The zero-order chi connectivity index (χ0) is 24.7. The number of hydrogen-bond donors (Lipinski definition) is 2. The first-order valence-corrected chi connectivity index (χ1v) is 14.3. The topological polar surface area (TPSA) is 50.6 Å². The molecule has 1 aliphatic carbocycles. The van der Waals surface area contributed by atoms with Crippen molar-refractivity contribution in [3.63, 3.8) is 0 Å². The third-order valence-corrected chi connectivity index (χ3v) is 9.55. The minimum atomic E-state index is -0.368. The minimum Gasteiger partial charge on any atom is -0.464 e. The Bertz CT molecular complexity index is 1580. The zero-order valence-electron chi connectivity index (χ0n) is 20.1. The average Bonchev–Trinajstić information content (AvgIpc) is 3.36. The molecule has 0 radical (unpaired) electrons. The molecule has 4 aromatic rings. The highest BCUT2D eigenvalue weighted by molar-refractivity contribution is 7.12. The third-order valence-electron chi connectivity index (χ3n) is 8.04. The molecule has 1 saturated carbocycles. The van der Waals surface area contributed by atoms with E-state index in [1.807, 2.05) is 30.3 Å². The molecule has 0 amide bonds. The number of ether oxygens (including phenoxy) is 1. The summed E-state index contributed by atoms with van der Waals surface area (Å²) in [4.78, 5) is 7.46. The molecule has 188 valence electrons. The predicted molar refractivity (Wildman–Crippen MR) is 147 cm³/mol. The van der Waals surface area contributed by atoms with Crippen molar-refractivity contribution in [3.05, 3.63) is 74.7 Å². The molecule has 8 rings (SSSR count). The van der Waals surface area contributed by atoms with E-state index in [4.69, 9.17) is 21.3 Å². The van der Waals surface area contributed by atoms with Gasteiger partial charge in [-0.05, 0) is 86.7 Å². The normalized spacial score (nSPS) is 24.7. The van der Waals surface area contributed by atoms with Gasteiger partial charge in [-0.2, -0.15) is 0 Å². The molecule has 2 aromatic heterocycles. The average molecular weight is 533 g/mol. The lowest BCUT2D eigenvalue weighted by Crippen LogP contribution is -2.40. The van der Waals surface area contributed by atoms with Gasteiger partial charge in [0, 0.05) is 33.4 Å². The maximum Gasteiger partial charge on any atom is 0.212 e. The second-order valence-corrected chi connectivity index (χ2v) is 12.1. The van der Waals surface area contributed by atoms with Gasteiger partial charge >= 0.3 is 0 Å². The molecular weight excluding hydrogens is 507 g/mol. The van der Waals surface area contributed by atoms with Gasteiger partial charge in [-0.15, -0.1) is 11.3 Å². The number of aromatic nitrogens is 1. The van der Waals surface area contributed by atoms with E-state index in [9.17, 15) is 0 Å². The highest BCUT2D eigenvalue weighted by Gasteiger charge is 2.35. The van der Waals surface area contributed by atoms with E-state index in [1.54, 1.807) is 17.4 Å². The summed E-state index contributed by atoms with van der Waals surface area (Å²) in [7, 11) is 0. The van der Waals surface area contributed by atoms with E-state index in [0.29, 0.717) is 34.8 Å². The van der Waals surface area contributed by atoms with Gasteiger partial charge < -0.3 is 10.1 Å². The van der Waals surface area contributed by atoms with Gasteiger partial charge in [-0.3, -0.25) is 14.9 Å². The molecule has 5 heterocycles. The standard InChI is InChI=1S/C29H26ClFN4OS/c30-18-5-6-22-17(10-18)12-23-27-19(31)11-16(21-14-33-28(34-21)20-2-1-9-32-20)13-24(27)36-29(35(22)23)26-8-7-25(37-26)15-3-4-15/h5-8,10-13,15,20,28-29,32-33H,1-4,9,14H2. The first kappa shape index (κ1) is 22.3. The molecule has 8 heteroatoms. The highest BCUT2D eigenvalue weighted by Crippen LogP contribution is 2.49. The lowest BCUT2D eigenvalue weighted by Gasteiger charge is -2.30. The van der Waals surface area contributed by atoms with Crippen molar-refractivity contribution in [2.75, 3.05) is 13.1 Å². The molecule has 1 saturated heterocycles. The number of rotatable bonds is 4. The fraction of sp³-hybridized carbons (Fsp3) is 0.345. The van der Waals surface area contributed by atoms with E-state index in [0.717, 1.165) is 45.7 Å². The SMILES string of the molecule is Fc1cc(C2=NC(C3CCCN3)NC2)cc2c1-c1cc3cc(Cl)ccc3n1C(c1ccc(C3CC3)s1)O2. The molecule has 5 nitrogen and oxygen atoms in total. The van der Waals surface area contributed by atoms with Crippen LogP contribution in [0.4, 0.5) is 4.39 Å². The smallest absolute Gasteiger partial charge is 0.212 e. The van der Waals surface area contributed by atoms with Gasteiger partial charge in [0.05, 0.1) is 27.4 Å². The summed E-state index contributed by atoms with van der Waals surface area (Å²) in [6.45, 7) is 1.65. The summed E-state index contributed by atoms with van der Waals surface area (Å²) >= 11 is 8.13. The Morgan fingerprint density at radius 1 is 1.03 bits per heavy atom. The number of nitrogens with zero attached hydrogens (tertiary/aromatic N) is 2. The highest BCUT2D eigenvalue weighted by atomic mass is 35.5. The molecule has 3 atom stereocenters. The van der Waals surface area contributed by atoms with E-state index in [-0.39, 0.29) is 18.2 Å². The fourth-order valence-corrected chi connectivity index (χ4v) is 7.42. The van der Waals surface area contributed by atoms with Gasteiger partial charge in [-0.1, -0.05) is 11.6 Å². The van der Waals surface area contributed by atoms with Crippen molar-refractivity contribution < 1.29 is 9.13 Å². The number of nitrogens with one attached hydrogen (secondary N) is 2. The largest absolute Gasteiger partial charge is 0.464 e. The van der Waals surface area contributed by atoms with Crippen LogP contribution in [0.2, 0.25) is 5.02 Å². The first-order valence-electron chi connectivity index (χ1n) is 13.1. The molecule has 3 unspecified atom stereocenters. The maximum absolute atomic E-state index is 15.9. The number of thiophene rings is 1. The molecule has 3 aliphatic heterocycles. The van der Waals surface area contributed by atoms with Crippen molar-refractivity contribution >= 4 is 39.6 Å². The molecule has 2 aromatic carbocycles. The summed E-state index contributed by atoms with van der Waals surface area (Å²) < 4.78 is 24.7. The van der Waals surface area contributed by atoms with Crippen LogP contribution in [0.15, 0.2) is 53.5 Å². The van der Waals surface area contributed by atoms with Gasteiger partial charge in [0.1, 0.15) is 17.7 Å². The lowest BCUT2D eigenvalue weighted by molar-refractivity contribution is 0.176. The predicted octanol–water partition coefficient (Wildman–Crippen LogP) is 6.45. The quantitative estimate of drug-likeness (QED) is 0.317. The number of fused-ring (bicyclic) bond motifs is 5. The Balaban J connectivity index is 1.26. The second kappa shape index (κ2) is 8.40. The second-order valence-electron chi connectivity index (χ2n) is 10.5. The van der Waals surface area contributed by atoms with Crippen LogP contribution in [0.1, 0.15) is 53.1 Å². The summed E-state index contributed by atoms with van der Waals surface area (Å²) in [5.41, 5.74) is 3.95. The van der Waals surface area contributed by atoms with Gasteiger partial charge in [-0.25, -0.2) is 4.39 Å². The van der Waals surface area contributed by atoms with Crippen LogP contribution in [0.5, 0.6) is 5.75 Å². The van der Waals surface area contributed by atoms with Crippen molar-refractivity contribution in [1.29, 1.82) is 0 Å². The van der Waals surface area contributed by atoms with Crippen molar-refractivity contribution in [1.82, 2.24) is 15.2 Å². The van der Waals surface area contributed by atoms with E-state index < -0.39 is 0 Å². The number of benzene rings is 2. The van der Waals surface area contributed by atoms with Crippen LogP contribution in [-0.4, -0.2) is 35.6 Å². The third kappa shape index (κ3) is 3.67. The van der Waals surface area contributed by atoms with Crippen molar-refractivity contribution in [3.8, 4) is 17.0 Å². The molecule has 0 spiro atoms. The van der Waals surface area contributed by atoms with E-state index in [1.165, 1.54) is 24.1 Å². The van der Waals surface area contributed by atoms with Crippen molar-refractivity contribution in [2.24, 2.45) is 4.99 Å². The lowest BCUT2D eigenvalue weighted by atomic mass is 10.0. The molecule has 4 aliphatic rings. The van der Waals surface area contributed by atoms with Crippen LogP contribution in [0.3, 0.4) is 0 Å². The number of aliphatic imine (C=N–C) groups is 1. The number of hydrogen-bond acceptors (Lipinski definition) is 5.